The first-order valence-corrected chi connectivity index (χ1v) is 5.16. The van der Waals surface area contributed by atoms with Crippen LogP contribution >= 0.6 is 0 Å². The number of nitrogens with zero attached hydrogens (tertiary/aromatic N) is 1. The second kappa shape index (κ2) is 5.86. The summed E-state index contributed by atoms with van der Waals surface area (Å²) in [6, 6.07) is 5.61. The highest BCUT2D eigenvalue weighted by molar-refractivity contribution is 5.90. The smallest absolute Gasteiger partial charge is 0.224 e. The van der Waals surface area contributed by atoms with Crippen LogP contribution in [0, 0.1) is 17.1 Å². The monoisotopic (exact) mass is 220 g/mol. The molecule has 0 bridgehead atoms. The van der Waals surface area contributed by atoms with Gasteiger partial charge in [-0.15, -0.1) is 0 Å². The molecule has 0 saturated heterocycles. The number of carbonyl (C=O) groups is 1. The van der Waals surface area contributed by atoms with E-state index < -0.39 is 5.82 Å². The second-order valence-electron chi connectivity index (χ2n) is 3.49. The van der Waals surface area contributed by atoms with Crippen LogP contribution in [0.25, 0.3) is 0 Å². The van der Waals surface area contributed by atoms with E-state index in [1.54, 1.807) is 0 Å². The molecule has 0 aromatic heterocycles. The van der Waals surface area contributed by atoms with Gasteiger partial charge in [0.25, 0.3) is 0 Å². The van der Waals surface area contributed by atoms with Gasteiger partial charge in [-0.2, -0.15) is 5.26 Å². The first-order valence-electron chi connectivity index (χ1n) is 5.16. The Morgan fingerprint density at radius 1 is 1.50 bits per heavy atom. The van der Waals surface area contributed by atoms with Crippen LogP contribution in [0.4, 0.5) is 10.1 Å². The van der Waals surface area contributed by atoms with Gasteiger partial charge in [-0.3, -0.25) is 4.79 Å². The maximum Gasteiger partial charge on any atom is 0.224 e. The van der Waals surface area contributed by atoms with E-state index in [0.29, 0.717) is 12.1 Å². The molecule has 0 fully saturated rings. The number of amides is 1. The normalized spacial score (nSPS) is 9.56. The van der Waals surface area contributed by atoms with E-state index in [-0.39, 0.29) is 11.5 Å². The Balaban J connectivity index is 2.70. The Bertz CT molecular complexity index is 424. The zero-order valence-electron chi connectivity index (χ0n) is 9.09. The lowest BCUT2D eigenvalue weighted by Gasteiger charge is -2.05. The molecule has 0 heterocycles. The minimum atomic E-state index is -0.523. The van der Waals surface area contributed by atoms with Crippen LogP contribution < -0.4 is 5.32 Å². The first kappa shape index (κ1) is 12.2. The summed E-state index contributed by atoms with van der Waals surface area (Å²) in [4.78, 5) is 11.4. The molecule has 1 aromatic carbocycles. The summed E-state index contributed by atoms with van der Waals surface area (Å²) in [6.07, 6.45) is 2.14. The SMILES string of the molecule is CCCCC(=O)Nc1cc(F)cc(C#N)c1. The Kier molecular flexibility index (Phi) is 4.46. The van der Waals surface area contributed by atoms with Gasteiger partial charge in [-0.25, -0.2) is 4.39 Å². The van der Waals surface area contributed by atoms with Gasteiger partial charge in [0, 0.05) is 12.1 Å². The van der Waals surface area contributed by atoms with Crippen molar-refractivity contribution in [2.45, 2.75) is 26.2 Å². The molecule has 0 aliphatic carbocycles. The van der Waals surface area contributed by atoms with E-state index >= 15 is 0 Å². The Labute approximate surface area is 93.9 Å². The average molecular weight is 220 g/mol. The van der Waals surface area contributed by atoms with E-state index in [0.717, 1.165) is 18.9 Å². The Morgan fingerprint density at radius 2 is 2.25 bits per heavy atom. The summed E-state index contributed by atoms with van der Waals surface area (Å²) in [5, 5.41) is 11.2. The van der Waals surface area contributed by atoms with Crippen LogP contribution in [0.1, 0.15) is 31.7 Å². The molecule has 3 nitrogen and oxygen atoms in total. The molecule has 0 spiro atoms. The summed E-state index contributed by atoms with van der Waals surface area (Å²) in [7, 11) is 0. The predicted octanol–water partition coefficient (Wildman–Crippen LogP) is 2.83. The summed E-state index contributed by atoms with van der Waals surface area (Å²) < 4.78 is 13.0. The molecule has 0 atom stereocenters. The van der Waals surface area contributed by atoms with Crippen LogP contribution in [-0.2, 0) is 4.79 Å². The van der Waals surface area contributed by atoms with Gasteiger partial charge in [0.15, 0.2) is 0 Å². The van der Waals surface area contributed by atoms with Crippen LogP contribution in [0.3, 0.4) is 0 Å². The lowest BCUT2D eigenvalue weighted by Crippen LogP contribution is -2.11. The molecule has 1 rings (SSSR count). The van der Waals surface area contributed by atoms with Crippen LogP contribution in [-0.4, -0.2) is 5.91 Å². The molecule has 4 heteroatoms. The van der Waals surface area contributed by atoms with E-state index in [1.165, 1.54) is 12.1 Å². The predicted molar refractivity (Wildman–Crippen MR) is 59.3 cm³/mol. The number of anilines is 1. The van der Waals surface area contributed by atoms with Crippen LogP contribution in [0.15, 0.2) is 18.2 Å². The van der Waals surface area contributed by atoms with Gasteiger partial charge in [-0.05, 0) is 24.6 Å². The zero-order chi connectivity index (χ0) is 12.0. The number of carbonyl (C=O) groups excluding carboxylic acids is 1. The topological polar surface area (TPSA) is 52.9 Å². The van der Waals surface area contributed by atoms with Gasteiger partial charge in [-0.1, -0.05) is 13.3 Å². The van der Waals surface area contributed by atoms with Gasteiger partial charge in [0.2, 0.25) is 5.91 Å². The van der Waals surface area contributed by atoms with Crippen LogP contribution in [0.2, 0.25) is 0 Å². The van der Waals surface area contributed by atoms with Crippen molar-refractivity contribution in [3.8, 4) is 6.07 Å². The molecule has 0 aliphatic heterocycles. The summed E-state index contributed by atoms with van der Waals surface area (Å²) in [5.74, 6) is -0.679. The van der Waals surface area contributed by atoms with Crippen molar-refractivity contribution in [3.63, 3.8) is 0 Å². The molecule has 1 aromatic rings. The number of hydrogen-bond donors (Lipinski definition) is 1. The molecule has 1 N–H and O–H groups in total. The minimum absolute atomic E-state index is 0.156. The fourth-order valence-electron chi connectivity index (χ4n) is 1.29. The lowest BCUT2D eigenvalue weighted by atomic mass is 10.2. The maximum absolute atomic E-state index is 13.0. The highest BCUT2D eigenvalue weighted by Gasteiger charge is 2.04. The quantitative estimate of drug-likeness (QED) is 0.848. The standard InChI is InChI=1S/C12H13FN2O/c1-2-3-4-12(16)15-11-6-9(8-14)5-10(13)7-11/h5-7H,2-4H2,1H3,(H,15,16). The molecular formula is C12H13FN2O. The molecular weight excluding hydrogens is 207 g/mol. The third kappa shape index (κ3) is 3.70. The van der Waals surface area contributed by atoms with Crippen molar-refractivity contribution in [1.82, 2.24) is 0 Å². The molecule has 16 heavy (non-hydrogen) atoms. The fraction of sp³-hybridized carbons (Fsp3) is 0.333. The summed E-state index contributed by atoms with van der Waals surface area (Å²) in [5.41, 5.74) is 0.531. The number of nitrogens with one attached hydrogen (secondary N) is 1. The Morgan fingerprint density at radius 3 is 2.88 bits per heavy atom. The Hall–Kier alpha value is -1.89. The van der Waals surface area contributed by atoms with Crippen molar-refractivity contribution in [1.29, 1.82) is 5.26 Å². The third-order valence-electron chi connectivity index (χ3n) is 2.07. The molecule has 84 valence electrons. The van der Waals surface area contributed by atoms with Crippen molar-refractivity contribution in [2.24, 2.45) is 0 Å². The third-order valence-corrected chi connectivity index (χ3v) is 2.07. The van der Waals surface area contributed by atoms with E-state index in [9.17, 15) is 9.18 Å². The van der Waals surface area contributed by atoms with E-state index in [1.807, 2.05) is 13.0 Å². The fourth-order valence-corrected chi connectivity index (χ4v) is 1.29. The molecule has 0 unspecified atom stereocenters. The zero-order valence-corrected chi connectivity index (χ0v) is 9.09. The second-order valence-corrected chi connectivity index (χ2v) is 3.49. The molecule has 0 aliphatic rings. The summed E-state index contributed by atoms with van der Waals surface area (Å²) in [6.45, 7) is 1.99. The number of nitriles is 1. The van der Waals surface area contributed by atoms with Crippen LogP contribution in [0.5, 0.6) is 0 Å². The summed E-state index contributed by atoms with van der Waals surface area (Å²) >= 11 is 0. The van der Waals surface area contributed by atoms with Gasteiger partial charge in [0.1, 0.15) is 5.82 Å². The minimum Gasteiger partial charge on any atom is -0.326 e. The first-order chi connectivity index (χ1) is 7.65. The number of hydrogen-bond acceptors (Lipinski definition) is 2. The van der Waals surface area contributed by atoms with Crippen molar-refractivity contribution < 1.29 is 9.18 Å². The molecule has 1 amide bonds. The number of rotatable bonds is 4. The number of benzene rings is 1. The van der Waals surface area contributed by atoms with Crippen molar-refractivity contribution in [2.75, 3.05) is 5.32 Å². The largest absolute Gasteiger partial charge is 0.326 e. The number of unbranched alkanes of at least 4 members (excludes halogenated alkanes) is 1. The van der Waals surface area contributed by atoms with Gasteiger partial charge >= 0.3 is 0 Å². The van der Waals surface area contributed by atoms with Crippen molar-refractivity contribution >= 4 is 11.6 Å². The molecule has 0 saturated carbocycles. The molecule has 0 radical (unpaired) electrons. The van der Waals surface area contributed by atoms with Gasteiger partial charge in [0.05, 0.1) is 11.6 Å². The van der Waals surface area contributed by atoms with E-state index in [4.69, 9.17) is 5.26 Å². The highest BCUT2D eigenvalue weighted by atomic mass is 19.1. The van der Waals surface area contributed by atoms with Gasteiger partial charge < -0.3 is 5.32 Å². The van der Waals surface area contributed by atoms with Crippen molar-refractivity contribution in [3.05, 3.63) is 29.6 Å². The number of halogens is 1. The maximum atomic E-state index is 13.0. The average Bonchev–Trinajstić information content (AvgIpc) is 2.25. The highest BCUT2D eigenvalue weighted by Crippen LogP contribution is 2.14. The lowest BCUT2D eigenvalue weighted by molar-refractivity contribution is -0.116. The van der Waals surface area contributed by atoms with E-state index in [2.05, 4.69) is 5.32 Å².